The lowest BCUT2D eigenvalue weighted by molar-refractivity contribution is -0.112. The van der Waals surface area contributed by atoms with Crippen LogP contribution in [0.2, 0.25) is 5.02 Å². The van der Waals surface area contributed by atoms with Crippen molar-refractivity contribution >= 4 is 39.4 Å². The number of nitrogens with zero attached hydrogens (tertiary/aromatic N) is 1. The van der Waals surface area contributed by atoms with Crippen molar-refractivity contribution in [3.8, 4) is 11.8 Å². The number of rotatable bonds is 6. The first kappa shape index (κ1) is 22.1. The summed E-state index contributed by atoms with van der Waals surface area (Å²) in [6, 6.07) is 20.7. The third-order valence-electron chi connectivity index (χ3n) is 4.18. The summed E-state index contributed by atoms with van der Waals surface area (Å²) in [4.78, 5) is 12.5. The fourth-order valence-electron chi connectivity index (χ4n) is 2.60. The molecule has 0 atom stereocenters. The standard InChI is InChI=1S/C23H17ClN2O4S/c1-16-7-10-20(11-8-16)26-23(27)18(15-25)13-17-14-19(24)9-12-22(17)30-31(28,29)21-5-3-2-4-6-21/h2-14H,1H3,(H,26,27)/b18-13+. The average molecular weight is 453 g/mol. The first-order valence-electron chi connectivity index (χ1n) is 9.07. The Labute approximate surface area is 185 Å². The molecule has 0 aliphatic carbocycles. The van der Waals surface area contributed by atoms with Gasteiger partial charge in [0.1, 0.15) is 22.3 Å². The number of carbonyl (C=O) groups is 1. The van der Waals surface area contributed by atoms with E-state index in [0.717, 1.165) is 5.56 Å². The van der Waals surface area contributed by atoms with Crippen LogP contribution in [0.3, 0.4) is 0 Å². The van der Waals surface area contributed by atoms with Crippen LogP contribution in [-0.4, -0.2) is 14.3 Å². The second kappa shape index (κ2) is 9.47. The van der Waals surface area contributed by atoms with Crippen LogP contribution in [-0.2, 0) is 14.9 Å². The third kappa shape index (κ3) is 5.72. The molecule has 31 heavy (non-hydrogen) atoms. The zero-order valence-corrected chi connectivity index (χ0v) is 17.9. The predicted octanol–water partition coefficient (Wildman–Crippen LogP) is 4.96. The maximum Gasteiger partial charge on any atom is 0.339 e. The van der Waals surface area contributed by atoms with E-state index in [4.69, 9.17) is 15.8 Å². The number of carbonyl (C=O) groups excluding carboxylic acids is 1. The molecule has 0 fully saturated rings. The molecule has 0 radical (unpaired) electrons. The second-order valence-electron chi connectivity index (χ2n) is 6.52. The molecule has 0 unspecified atom stereocenters. The molecule has 1 N–H and O–H groups in total. The van der Waals surface area contributed by atoms with Crippen LogP contribution in [0.4, 0.5) is 5.69 Å². The molecular formula is C23H17ClN2O4S. The van der Waals surface area contributed by atoms with Gasteiger partial charge in [0.25, 0.3) is 5.91 Å². The quantitative estimate of drug-likeness (QED) is 0.324. The Balaban J connectivity index is 1.93. The van der Waals surface area contributed by atoms with Gasteiger partial charge >= 0.3 is 10.1 Å². The van der Waals surface area contributed by atoms with Crippen molar-refractivity contribution in [3.63, 3.8) is 0 Å². The van der Waals surface area contributed by atoms with Gasteiger partial charge in [-0.25, -0.2) is 0 Å². The average Bonchev–Trinajstić information content (AvgIpc) is 2.75. The van der Waals surface area contributed by atoms with E-state index in [0.29, 0.717) is 5.69 Å². The van der Waals surface area contributed by atoms with Gasteiger partial charge in [0.15, 0.2) is 0 Å². The van der Waals surface area contributed by atoms with E-state index in [1.165, 1.54) is 36.4 Å². The van der Waals surface area contributed by atoms with Crippen LogP contribution < -0.4 is 9.50 Å². The number of anilines is 1. The fourth-order valence-corrected chi connectivity index (χ4v) is 3.76. The van der Waals surface area contributed by atoms with Crippen LogP contribution in [0.25, 0.3) is 6.08 Å². The Bertz CT molecular complexity index is 1280. The van der Waals surface area contributed by atoms with Crippen molar-refractivity contribution in [3.05, 3.63) is 94.5 Å². The van der Waals surface area contributed by atoms with E-state index in [9.17, 15) is 18.5 Å². The molecule has 0 bridgehead atoms. The van der Waals surface area contributed by atoms with Crippen molar-refractivity contribution < 1.29 is 17.4 Å². The molecule has 1 amide bonds. The van der Waals surface area contributed by atoms with Gasteiger partial charge in [-0.05, 0) is 55.5 Å². The van der Waals surface area contributed by atoms with Crippen molar-refractivity contribution in [1.29, 1.82) is 5.26 Å². The molecule has 8 heteroatoms. The van der Waals surface area contributed by atoms with Crippen molar-refractivity contribution in [2.45, 2.75) is 11.8 Å². The number of hydrogen-bond donors (Lipinski definition) is 1. The molecule has 0 aliphatic rings. The third-order valence-corrected chi connectivity index (χ3v) is 5.66. The smallest absolute Gasteiger partial charge is 0.339 e. The number of benzene rings is 3. The molecule has 6 nitrogen and oxygen atoms in total. The predicted molar refractivity (Wildman–Crippen MR) is 119 cm³/mol. The topological polar surface area (TPSA) is 96.3 Å². The number of halogens is 1. The van der Waals surface area contributed by atoms with Gasteiger partial charge in [-0.2, -0.15) is 13.7 Å². The molecule has 0 heterocycles. The van der Waals surface area contributed by atoms with Gasteiger partial charge in [0, 0.05) is 16.3 Å². The van der Waals surface area contributed by atoms with E-state index < -0.39 is 16.0 Å². The maximum absolute atomic E-state index is 12.6. The number of hydrogen-bond acceptors (Lipinski definition) is 5. The Hall–Kier alpha value is -3.60. The first-order valence-corrected chi connectivity index (χ1v) is 10.9. The lowest BCUT2D eigenvalue weighted by atomic mass is 10.1. The minimum absolute atomic E-state index is 0.0301. The monoisotopic (exact) mass is 452 g/mol. The molecule has 0 spiro atoms. The van der Waals surface area contributed by atoms with Gasteiger partial charge < -0.3 is 9.50 Å². The van der Waals surface area contributed by atoms with Crippen molar-refractivity contribution in [2.75, 3.05) is 5.32 Å². The summed E-state index contributed by atoms with van der Waals surface area (Å²) in [5.41, 5.74) is 1.47. The maximum atomic E-state index is 12.6. The molecule has 3 aromatic rings. The molecule has 3 aromatic carbocycles. The number of aryl methyl sites for hydroxylation is 1. The highest BCUT2D eigenvalue weighted by atomic mass is 35.5. The number of nitrogens with one attached hydrogen (secondary N) is 1. The van der Waals surface area contributed by atoms with Gasteiger partial charge in [-0.1, -0.05) is 47.5 Å². The summed E-state index contributed by atoms with van der Waals surface area (Å²) in [6.07, 6.45) is 1.23. The zero-order valence-electron chi connectivity index (χ0n) is 16.4. The number of amides is 1. The summed E-state index contributed by atoms with van der Waals surface area (Å²) < 4.78 is 30.4. The molecule has 0 saturated carbocycles. The first-order chi connectivity index (χ1) is 14.8. The largest absolute Gasteiger partial charge is 0.378 e. The van der Waals surface area contributed by atoms with Gasteiger partial charge in [-0.15, -0.1) is 0 Å². The molecule has 0 aromatic heterocycles. The van der Waals surface area contributed by atoms with Crippen LogP contribution in [0, 0.1) is 18.3 Å². The van der Waals surface area contributed by atoms with E-state index in [2.05, 4.69) is 5.32 Å². The summed E-state index contributed by atoms with van der Waals surface area (Å²) in [7, 11) is -4.12. The molecule has 156 valence electrons. The molecular weight excluding hydrogens is 436 g/mol. The Morgan fingerprint density at radius 1 is 1.06 bits per heavy atom. The van der Waals surface area contributed by atoms with Gasteiger partial charge in [0.05, 0.1) is 0 Å². The Kier molecular flexibility index (Phi) is 6.75. The van der Waals surface area contributed by atoms with E-state index in [-0.39, 0.29) is 26.8 Å². The van der Waals surface area contributed by atoms with Crippen LogP contribution in [0.1, 0.15) is 11.1 Å². The molecule has 0 aliphatic heterocycles. The highest BCUT2D eigenvalue weighted by molar-refractivity contribution is 7.87. The summed E-state index contributed by atoms with van der Waals surface area (Å²) >= 11 is 6.04. The van der Waals surface area contributed by atoms with Crippen LogP contribution in [0.15, 0.2) is 83.3 Å². The SMILES string of the molecule is Cc1ccc(NC(=O)/C(C#N)=C/c2cc(Cl)ccc2OS(=O)(=O)c2ccccc2)cc1. The number of nitriles is 1. The summed E-state index contributed by atoms with van der Waals surface area (Å²) in [6.45, 7) is 1.91. The van der Waals surface area contributed by atoms with Crippen molar-refractivity contribution in [2.24, 2.45) is 0 Å². The highest BCUT2D eigenvalue weighted by Crippen LogP contribution is 2.28. The van der Waals surface area contributed by atoms with E-state index >= 15 is 0 Å². The van der Waals surface area contributed by atoms with Crippen molar-refractivity contribution in [1.82, 2.24) is 0 Å². The molecule has 0 saturated heterocycles. The minimum atomic E-state index is -4.12. The summed E-state index contributed by atoms with van der Waals surface area (Å²) in [5, 5.41) is 12.4. The Morgan fingerprint density at radius 3 is 2.39 bits per heavy atom. The second-order valence-corrected chi connectivity index (χ2v) is 8.51. The summed E-state index contributed by atoms with van der Waals surface area (Å²) in [5.74, 6) is -0.715. The van der Waals surface area contributed by atoms with Crippen LogP contribution >= 0.6 is 11.6 Å². The minimum Gasteiger partial charge on any atom is -0.378 e. The Morgan fingerprint density at radius 2 is 1.74 bits per heavy atom. The molecule has 3 rings (SSSR count). The van der Waals surface area contributed by atoms with Gasteiger partial charge in [0.2, 0.25) is 0 Å². The van der Waals surface area contributed by atoms with E-state index in [1.807, 2.05) is 25.1 Å². The van der Waals surface area contributed by atoms with Crippen LogP contribution in [0.5, 0.6) is 5.75 Å². The fraction of sp³-hybridized carbons (Fsp3) is 0.0435. The normalized spacial score (nSPS) is 11.5. The zero-order chi connectivity index (χ0) is 22.4. The van der Waals surface area contributed by atoms with E-state index in [1.54, 1.807) is 30.3 Å². The van der Waals surface area contributed by atoms with Gasteiger partial charge in [-0.3, -0.25) is 4.79 Å². The lowest BCUT2D eigenvalue weighted by Crippen LogP contribution is -2.14. The lowest BCUT2D eigenvalue weighted by Gasteiger charge is -2.11. The highest BCUT2D eigenvalue weighted by Gasteiger charge is 2.19.